The molecule has 1 aliphatic carbocycles. The highest BCUT2D eigenvalue weighted by atomic mass is 127. The molecule has 0 bridgehead atoms. The standard InChI is InChI=1S/C14H19FINO2S/c1-20(18,19)11-4-2-3-9(7-11)14(17)12-6-5-10(15)8-13(12)16/h5-6,8-9,11,14H,2-4,7,17H2,1H3. The van der Waals surface area contributed by atoms with Crippen LogP contribution >= 0.6 is 22.6 Å². The summed E-state index contributed by atoms with van der Waals surface area (Å²) in [4.78, 5) is 0. The van der Waals surface area contributed by atoms with E-state index in [-0.39, 0.29) is 23.0 Å². The minimum atomic E-state index is -3.01. The van der Waals surface area contributed by atoms with Gasteiger partial charge in [-0.1, -0.05) is 12.5 Å². The minimum Gasteiger partial charge on any atom is -0.324 e. The van der Waals surface area contributed by atoms with Crippen molar-refractivity contribution in [1.82, 2.24) is 0 Å². The van der Waals surface area contributed by atoms with Gasteiger partial charge in [0.2, 0.25) is 0 Å². The van der Waals surface area contributed by atoms with E-state index in [0.29, 0.717) is 6.42 Å². The van der Waals surface area contributed by atoms with Crippen molar-refractivity contribution in [3.8, 4) is 0 Å². The van der Waals surface area contributed by atoms with Crippen molar-refractivity contribution < 1.29 is 12.8 Å². The van der Waals surface area contributed by atoms with Gasteiger partial charge in [-0.25, -0.2) is 12.8 Å². The van der Waals surface area contributed by atoms with Crippen molar-refractivity contribution in [3.05, 3.63) is 33.1 Å². The van der Waals surface area contributed by atoms with Crippen LogP contribution in [-0.4, -0.2) is 19.9 Å². The lowest BCUT2D eigenvalue weighted by atomic mass is 9.81. The number of nitrogens with two attached hydrogens (primary N) is 1. The van der Waals surface area contributed by atoms with E-state index in [1.54, 1.807) is 6.07 Å². The Morgan fingerprint density at radius 3 is 2.70 bits per heavy atom. The lowest BCUT2D eigenvalue weighted by molar-refractivity contribution is 0.308. The molecule has 0 aliphatic heterocycles. The third kappa shape index (κ3) is 3.71. The molecule has 1 fully saturated rings. The maximum Gasteiger partial charge on any atom is 0.150 e. The van der Waals surface area contributed by atoms with Crippen LogP contribution in [0.1, 0.15) is 37.3 Å². The summed E-state index contributed by atoms with van der Waals surface area (Å²) in [5, 5.41) is -0.287. The smallest absolute Gasteiger partial charge is 0.150 e. The number of halogens is 2. The van der Waals surface area contributed by atoms with E-state index in [0.717, 1.165) is 28.4 Å². The van der Waals surface area contributed by atoms with Gasteiger partial charge >= 0.3 is 0 Å². The molecule has 1 saturated carbocycles. The summed E-state index contributed by atoms with van der Waals surface area (Å²) in [5.74, 6) is -0.134. The van der Waals surface area contributed by atoms with E-state index >= 15 is 0 Å². The molecule has 0 amide bonds. The maximum atomic E-state index is 13.1. The van der Waals surface area contributed by atoms with Crippen LogP contribution in [0.15, 0.2) is 18.2 Å². The van der Waals surface area contributed by atoms with E-state index in [2.05, 4.69) is 22.6 Å². The monoisotopic (exact) mass is 411 g/mol. The highest BCUT2D eigenvalue weighted by Crippen LogP contribution is 2.36. The Bertz CT molecular complexity index is 591. The second-order valence-electron chi connectivity index (χ2n) is 5.57. The quantitative estimate of drug-likeness (QED) is 0.778. The zero-order valence-corrected chi connectivity index (χ0v) is 14.3. The van der Waals surface area contributed by atoms with Gasteiger partial charge in [-0.15, -0.1) is 0 Å². The van der Waals surface area contributed by atoms with Gasteiger partial charge in [-0.2, -0.15) is 0 Å². The zero-order chi connectivity index (χ0) is 14.9. The number of sulfone groups is 1. The van der Waals surface area contributed by atoms with Crippen LogP contribution in [0, 0.1) is 15.3 Å². The van der Waals surface area contributed by atoms with Gasteiger partial charge in [0.05, 0.1) is 5.25 Å². The lowest BCUT2D eigenvalue weighted by Gasteiger charge is -2.32. The van der Waals surface area contributed by atoms with Gasteiger partial charge in [-0.3, -0.25) is 0 Å². The summed E-state index contributed by atoms with van der Waals surface area (Å²) in [6, 6.07) is 4.36. The summed E-state index contributed by atoms with van der Waals surface area (Å²) in [7, 11) is -3.01. The summed E-state index contributed by atoms with van der Waals surface area (Å²) in [6.07, 6.45) is 4.44. The molecule has 1 aromatic rings. The van der Waals surface area contributed by atoms with Crippen LogP contribution in [0.4, 0.5) is 4.39 Å². The van der Waals surface area contributed by atoms with Crippen molar-refractivity contribution >= 4 is 32.4 Å². The van der Waals surface area contributed by atoms with Crippen molar-refractivity contribution in [2.75, 3.05) is 6.26 Å². The Morgan fingerprint density at radius 2 is 2.10 bits per heavy atom. The third-order valence-electron chi connectivity index (χ3n) is 4.10. The Labute approximate surface area is 133 Å². The molecule has 1 aromatic carbocycles. The van der Waals surface area contributed by atoms with Crippen LogP contribution in [0.25, 0.3) is 0 Å². The minimum absolute atomic E-state index is 0.141. The van der Waals surface area contributed by atoms with E-state index in [9.17, 15) is 12.8 Å². The van der Waals surface area contributed by atoms with Crippen molar-refractivity contribution in [1.29, 1.82) is 0 Å². The van der Waals surface area contributed by atoms with E-state index in [1.165, 1.54) is 18.4 Å². The molecule has 112 valence electrons. The molecule has 20 heavy (non-hydrogen) atoms. The molecule has 2 rings (SSSR count). The fraction of sp³-hybridized carbons (Fsp3) is 0.571. The summed E-state index contributed by atoms with van der Waals surface area (Å²) in [6.45, 7) is 0. The van der Waals surface area contributed by atoms with Crippen LogP contribution in [-0.2, 0) is 9.84 Å². The second-order valence-corrected chi connectivity index (χ2v) is 9.06. The molecule has 0 saturated heterocycles. The number of rotatable bonds is 3. The van der Waals surface area contributed by atoms with Gasteiger partial charge in [0, 0.05) is 15.9 Å². The summed E-state index contributed by atoms with van der Waals surface area (Å²) < 4.78 is 37.4. The van der Waals surface area contributed by atoms with Gasteiger partial charge in [-0.05, 0) is 65.5 Å². The maximum absolute atomic E-state index is 13.1. The van der Waals surface area contributed by atoms with Gasteiger partial charge in [0.15, 0.2) is 0 Å². The fourth-order valence-electron chi connectivity index (χ4n) is 2.92. The SMILES string of the molecule is CS(=O)(=O)C1CCCC(C(N)c2ccc(F)cc2I)C1. The average molecular weight is 411 g/mol. The Kier molecular flexibility index (Phi) is 5.07. The van der Waals surface area contributed by atoms with E-state index in [4.69, 9.17) is 5.73 Å². The van der Waals surface area contributed by atoms with Crippen molar-refractivity contribution in [2.24, 2.45) is 11.7 Å². The molecule has 0 aromatic heterocycles. The van der Waals surface area contributed by atoms with Crippen LogP contribution in [0.3, 0.4) is 0 Å². The first kappa shape index (κ1) is 16.2. The average Bonchev–Trinajstić information content (AvgIpc) is 2.37. The first-order valence-corrected chi connectivity index (χ1v) is 9.71. The van der Waals surface area contributed by atoms with E-state index in [1.807, 2.05) is 0 Å². The first-order valence-electron chi connectivity index (χ1n) is 6.68. The predicted molar refractivity (Wildman–Crippen MR) is 86.6 cm³/mol. The van der Waals surface area contributed by atoms with Crippen molar-refractivity contribution in [3.63, 3.8) is 0 Å². The molecular formula is C14H19FINO2S. The normalized spacial score (nSPS) is 25.4. The van der Waals surface area contributed by atoms with E-state index < -0.39 is 9.84 Å². The van der Waals surface area contributed by atoms with Gasteiger partial charge < -0.3 is 5.73 Å². The van der Waals surface area contributed by atoms with Crippen LogP contribution < -0.4 is 5.73 Å². The molecule has 0 heterocycles. The number of hydrogen-bond donors (Lipinski definition) is 1. The largest absolute Gasteiger partial charge is 0.324 e. The lowest BCUT2D eigenvalue weighted by Crippen LogP contribution is -2.33. The highest BCUT2D eigenvalue weighted by molar-refractivity contribution is 14.1. The molecule has 6 heteroatoms. The topological polar surface area (TPSA) is 60.2 Å². The summed E-state index contributed by atoms with van der Waals surface area (Å²) >= 11 is 2.08. The second kappa shape index (κ2) is 6.27. The molecule has 0 spiro atoms. The molecule has 1 aliphatic rings. The molecule has 3 atom stereocenters. The molecule has 0 radical (unpaired) electrons. The van der Waals surface area contributed by atoms with Crippen molar-refractivity contribution in [2.45, 2.75) is 37.0 Å². The highest BCUT2D eigenvalue weighted by Gasteiger charge is 2.32. The Balaban J connectivity index is 2.18. The Hall–Kier alpha value is -0.210. The van der Waals surface area contributed by atoms with Gasteiger partial charge in [0.1, 0.15) is 15.7 Å². The molecule has 3 nitrogen and oxygen atoms in total. The molecular weight excluding hydrogens is 392 g/mol. The third-order valence-corrected chi connectivity index (χ3v) is 6.68. The number of benzene rings is 1. The predicted octanol–water partition coefficient (Wildman–Crippen LogP) is 3.03. The summed E-state index contributed by atoms with van der Waals surface area (Å²) in [5.41, 5.74) is 7.21. The molecule has 2 N–H and O–H groups in total. The van der Waals surface area contributed by atoms with Crippen LogP contribution in [0.2, 0.25) is 0 Å². The zero-order valence-electron chi connectivity index (χ0n) is 11.4. The fourth-order valence-corrected chi connectivity index (χ4v) is 4.95. The first-order chi connectivity index (χ1) is 9.29. The Morgan fingerprint density at radius 1 is 1.40 bits per heavy atom. The van der Waals surface area contributed by atoms with Crippen LogP contribution in [0.5, 0.6) is 0 Å². The van der Waals surface area contributed by atoms with Gasteiger partial charge in [0.25, 0.3) is 0 Å². The molecule has 3 unspecified atom stereocenters. The number of hydrogen-bond acceptors (Lipinski definition) is 3.